The third kappa shape index (κ3) is 2.31. The molecule has 0 saturated carbocycles. The second-order valence-electron chi connectivity index (χ2n) is 3.61. The van der Waals surface area contributed by atoms with E-state index >= 15 is 0 Å². The molecule has 2 heterocycles. The number of aromatic nitrogens is 2. The Morgan fingerprint density at radius 1 is 1.59 bits per heavy atom. The van der Waals surface area contributed by atoms with E-state index in [1.165, 1.54) is 0 Å². The van der Waals surface area contributed by atoms with Gasteiger partial charge in [0.15, 0.2) is 0 Å². The molecule has 1 unspecified atom stereocenters. The van der Waals surface area contributed by atoms with Gasteiger partial charge in [-0.3, -0.25) is 4.68 Å². The number of thiophene rings is 1. The Bertz CT molecular complexity index is 489. The summed E-state index contributed by atoms with van der Waals surface area (Å²) in [6.07, 6.45) is 1.66. The summed E-state index contributed by atoms with van der Waals surface area (Å²) in [6.45, 7) is 0. The van der Waals surface area contributed by atoms with Gasteiger partial charge in [-0.05, 0) is 13.1 Å². The van der Waals surface area contributed by atoms with Crippen molar-refractivity contribution in [1.29, 1.82) is 0 Å². The van der Waals surface area contributed by atoms with Crippen LogP contribution in [0.3, 0.4) is 0 Å². The fourth-order valence-electron chi connectivity index (χ4n) is 1.75. The summed E-state index contributed by atoms with van der Waals surface area (Å²) < 4.78 is 6.98. The Morgan fingerprint density at radius 3 is 2.82 bits per heavy atom. The van der Waals surface area contributed by atoms with Gasteiger partial charge in [0, 0.05) is 17.3 Å². The molecule has 0 fully saturated rings. The Hall–Kier alpha value is -1.04. The summed E-state index contributed by atoms with van der Waals surface area (Å²) in [5.41, 5.74) is 0.957. The summed E-state index contributed by atoms with van der Waals surface area (Å²) in [7, 11) is 5.45. The number of hydrogen-bond donors (Lipinski definition) is 1. The number of hydrogen-bond acceptors (Lipinski definition) is 4. The van der Waals surface area contributed by atoms with Crippen molar-refractivity contribution in [3.8, 4) is 5.75 Å². The molecule has 0 saturated heterocycles. The van der Waals surface area contributed by atoms with E-state index in [1.807, 2.05) is 25.5 Å². The van der Waals surface area contributed by atoms with Crippen LogP contribution in [0.2, 0.25) is 5.02 Å². The molecule has 17 heavy (non-hydrogen) atoms. The van der Waals surface area contributed by atoms with Crippen LogP contribution in [0.4, 0.5) is 0 Å². The molecule has 0 radical (unpaired) electrons. The maximum absolute atomic E-state index is 6.16. The zero-order valence-electron chi connectivity index (χ0n) is 9.90. The number of methoxy groups -OCH3 is 1. The van der Waals surface area contributed by atoms with Gasteiger partial charge in [-0.2, -0.15) is 5.10 Å². The van der Waals surface area contributed by atoms with Crippen LogP contribution in [0.5, 0.6) is 5.75 Å². The monoisotopic (exact) mass is 271 g/mol. The fraction of sp³-hybridized carbons (Fsp3) is 0.364. The molecule has 0 aliphatic rings. The van der Waals surface area contributed by atoms with E-state index in [9.17, 15) is 0 Å². The molecule has 0 bridgehead atoms. The normalized spacial score (nSPS) is 12.7. The molecule has 0 spiro atoms. The van der Waals surface area contributed by atoms with Gasteiger partial charge in [-0.25, -0.2) is 0 Å². The third-order valence-corrected chi connectivity index (χ3v) is 3.88. The number of nitrogens with one attached hydrogen (secondary N) is 1. The molecule has 1 atom stereocenters. The first kappa shape index (κ1) is 12.4. The summed E-state index contributed by atoms with van der Waals surface area (Å²) in [4.78, 5) is 1.15. The van der Waals surface area contributed by atoms with Crippen LogP contribution in [0.25, 0.3) is 0 Å². The molecule has 92 valence electrons. The predicted octanol–water partition coefficient (Wildman–Crippen LogP) is 2.45. The highest BCUT2D eigenvalue weighted by Crippen LogP contribution is 2.33. The minimum Gasteiger partial charge on any atom is -0.496 e. The molecule has 2 rings (SSSR count). The minimum absolute atomic E-state index is 0.0314. The molecular formula is C11H14ClN3OS. The van der Waals surface area contributed by atoms with Crippen molar-refractivity contribution in [2.75, 3.05) is 14.2 Å². The van der Waals surface area contributed by atoms with E-state index in [0.717, 1.165) is 16.3 Å². The second kappa shape index (κ2) is 5.08. The molecular weight excluding hydrogens is 258 g/mol. The molecule has 0 amide bonds. The van der Waals surface area contributed by atoms with Gasteiger partial charge in [-0.15, -0.1) is 11.3 Å². The van der Waals surface area contributed by atoms with Gasteiger partial charge in [0.2, 0.25) is 0 Å². The van der Waals surface area contributed by atoms with E-state index in [1.54, 1.807) is 29.3 Å². The third-order valence-electron chi connectivity index (χ3n) is 2.62. The highest BCUT2D eigenvalue weighted by molar-refractivity contribution is 7.10. The molecule has 6 heteroatoms. The van der Waals surface area contributed by atoms with Crippen LogP contribution in [0.15, 0.2) is 17.6 Å². The molecule has 1 N–H and O–H groups in total. The van der Waals surface area contributed by atoms with Crippen LogP contribution in [0.1, 0.15) is 16.6 Å². The summed E-state index contributed by atoms with van der Waals surface area (Å²) in [6, 6.07) is 2.04. The van der Waals surface area contributed by atoms with E-state index in [2.05, 4.69) is 10.4 Å². The van der Waals surface area contributed by atoms with Crippen molar-refractivity contribution >= 4 is 22.9 Å². The van der Waals surface area contributed by atoms with Crippen molar-refractivity contribution in [1.82, 2.24) is 15.1 Å². The number of halogens is 1. The Labute approximate surface area is 109 Å². The van der Waals surface area contributed by atoms with E-state index < -0.39 is 0 Å². The van der Waals surface area contributed by atoms with Gasteiger partial charge in [0.25, 0.3) is 0 Å². The minimum atomic E-state index is 0.0314. The second-order valence-corrected chi connectivity index (χ2v) is 4.96. The number of aryl methyl sites for hydroxylation is 1. The maximum Gasteiger partial charge on any atom is 0.129 e. The predicted molar refractivity (Wildman–Crippen MR) is 70.0 cm³/mol. The summed E-state index contributed by atoms with van der Waals surface area (Å²) in [5, 5.41) is 10.0. The average Bonchev–Trinajstić information content (AvgIpc) is 2.91. The number of nitrogens with zero attached hydrogens (tertiary/aromatic N) is 2. The van der Waals surface area contributed by atoms with Crippen molar-refractivity contribution in [3.05, 3.63) is 33.2 Å². The first-order valence-corrected chi connectivity index (χ1v) is 6.40. The van der Waals surface area contributed by atoms with Crippen LogP contribution in [0, 0.1) is 0 Å². The number of rotatable bonds is 4. The quantitative estimate of drug-likeness (QED) is 0.928. The van der Waals surface area contributed by atoms with Gasteiger partial charge < -0.3 is 10.1 Å². The lowest BCUT2D eigenvalue weighted by molar-refractivity contribution is 0.416. The van der Waals surface area contributed by atoms with Gasteiger partial charge in [0.1, 0.15) is 5.75 Å². The lowest BCUT2D eigenvalue weighted by Crippen LogP contribution is -2.20. The van der Waals surface area contributed by atoms with Crippen LogP contribution in [-0.4, -0.2) is 23.9 Å². The zero-order valence-corrected chi connectivity index (χ0v) is 11.5. The smallest absolute Gasteiger partial charge is 0.129 e. The van der Waals surface area contributed by atoms with Gasteiger partial charge in [-0.1, -0.05) is 11.6 Å². The van der Waals surface area contributed by atoms with Crippen molar-refractivity contribution in [3.63, 3.8) is 0 Å². The molecule has 2 aromatic rings. The van der Waals surface area contributed by atoms with Crippen molar-refractivity contribution in [2.45, 2.75) is 6.04 Å². The van der Waals surface area contributed by atoms with Gasteiger partial charge >= 0.3 is 0 Å². The van der Waals surface area contributed by atoms with E-state index in [-0.39, 0.29) is 6.04 Å². The highest BCUT2D eigenvalue weighted by Gasteiger charge is 2.21. The summed E-state index contributed by atoms with van der Waals surface area (Å²) in [5.74, 6) is 0.864. The topological polar surface area (TPSA) is 39.1 Å². The van der Waals surface area contributed by atoms with Crippen LogP contribution >= 0.6 is 22.9 Å². The first-order chi connectivity index (χ1) is 8.17. The lowest BCUT2D eigenvalue weighted by Gasteiger charge is -2.15. The Kier molecular flexibility index (Phi) is 3.71. The van der Waals surface area contributed by atoms with Crippen molar-refractivity contribution < 1.29 is 4.74 Å². The molecule has 0 aliphatic heterocycles. The molecule has 2 aromatic heterocycles. The van der Waals surface area contributed by atoms with Gasteiger partial charge in [0.05, 0.1) is 30.1 Å². The largest absolute Gasteiger partial charge is 0.496 e. The average molecular weight is 272 g/mol. The van der Waals surface area contributed by atoms with Crippen molar-refractivity contribution in [2.24, 2.45) is 7.05 Å². The van der Waals surface area contributed by atoms with Crippen LogP contribution < -0.4 is 10.1 Å². The first-order valence-electron chi connectivity index (χ1n) is 5.14. The standard InChI is InChI=1S/C11H14ClN3OS/c1-13-10(9-4-7(16-3)6-17-9)11-8(12)5-14-15(11)2/h4-6,10,13H,1-3H3. The molecule has 0 aromatic carbocycles. The van der Waals surface area contributed by atoms with E-state index in [0.29, 0.717) is 5.02 Å². The maximum atomic E-state index is 6.16. The van der Waals surface area contributed by atoms with Crippen LogP contribution in [-0.2, 0) is 7.05 Å². The molecule has 4 nitrogen and oxygen atoms in total. The fourth-order valence-corrected chi connectivity index (χ4v) is 2.99. The SMILES string of the molecule is CNC(c1cc(OC)cs1)c1c(Cl)cnn1C. The lowest BCUT2D eigenvalue weighted by atomic mass is 10.1. The molecule has 0 aliphatic carbocycles. The zero-order chi connectivity index (χ0) is 12.4. The van der Waals surface area contributed by atoms with E-state index in [4.69, 9.17) is 16.3 Å². The summed E-state index contributed by atoms with van der Waals surface area (Å²) >= 11 is 7.79. The number of ether oxygens (including phenoxy) is 1. The Balaban J connectivity index is 2.40. The Morgan fingerprint density at radius 2 is 2.35 bits per heavy atom. The highest BCUT2D eigenvalue weighted by atomic mass is 35.5.